The van der Waals surface area contributed by atoms with Gasteiger partial charge in [0, 0.05) is 20.0 Å². The first-order chi connectivity index (χ1) is 10.4. The quantitative estimate of drug-likeness (QED) is 0.790. The summed E-state index contributed by atoms with van der Waals surface area (Å²) in [6.45, 7) is 2.29. The maximum atomic E-state index is 12.1. The Hall–Kier alpha value is -2.05. The second-order valence-corrected chi connectivity index (χ2v) is 5.80. The van der Waals surface area contributed by atoms with Gasteiger partial charge in [-0.1, -0.05) is 13.3 Å². The van der Waals surface area contributed by atoms with Gasteiger partial charge in [-0.15, -0.1) is 0 Å². The molecule has 1 saturated carbocycles. The number of aromatic nitrogens is 2. The van der Waals surface area contributed by atoms with Crippen LogP contribution in [-0.4, -0.2) is 33.9 Å². The molecule has 0 spiro atoms. The first kappa shape index (κ1) is 16.3. The molecule has 1 fully saturated rings. The second-order valence-electron chi connectivity index (χ2n) is 5.80. The number of hydrogen-bond acceptors (Lipinski definition) is 4. The molecule has 0 bridgehead atoms. The molecule has 7 heteroatoms. The van der Waals surface area contributed by atoms with Crippen LogP contribution in [0.1, 0.15) is 43.9 Å². The highest BCUT2D eigenvalue weighted by Crippen LogP contribution is 2.44. The van der Waals surface area contributed by atoms with Crippen LogP contribution in [0.25, 0.3) is 0 Å². The van der Waals surface area contributed by atoms with Crippen LogP contribution < -0.4 is 10.1 Å². The van der Waals surface area contributed by atoms with E-state index in [2.05, 4.69) is 10.4 Å². The number of carbonyl (C=O) groups excluding carboxylic acids is 1. The summed E-state index contributed by atoms with van der Waals surface area (Å²) in [7, 11) is 3.35. The van der Waals surface area contributed by atoms with E-state index in [9.17, 15) is 14.7 Å². The Labute approximate surface area is 129 Å². The van der Waals surface area contributed by atoms with Crippen LogP contribution in [0.2, 0.25) is 0 Å². The highest BCUT2D eigenvalue weighted by molar-refractivity contribution is 5.85. The molecule has 122 valence electrons. The number of carboxylic acid groups (broad SMARTS) is 1. The predicted molar refractivity (Wildman–Crippen MR) is 79.5 cm³/mol. The monoisotopic (exact) mass is 309 g/mol. The van der Waals surface area contributed by atoms with Crippen molar-refractivity contribution >= 4 is 11.9 Å². The van der Waals surface area contributed by atoms with E-state index in [0.717, 1.165) is 24.1 Å². The molecule has 22 heavy (non-hydrogen) atoms. The number of rotatable bonds is 7. The van der Waals surface area contributed by atoms with Gasteiger partial charge < -0.3 is 15.2 Å². The smallest absolute Gasteiger partial charge is 0.310 e. The number of aryl methyl sites for hydroxylation is 2. The van der Waals surface area contributed by atoms with Gasteiger partial charge in [0.15, 0.2) is 0 Å². The summed E-state index contributed by atoms with van der Waals surface area (Å²) in [6, 6.07) is 0. The molecule has 7 nitrogen and oxygen atoms in total. The highest BCUT2D eigenvalue weighted by atomic mass is 16.5. The summed E-state index contributed by atoms with van der Waals surface area (Å²) in [6.07, 6.45) is 2.79. The fourth-order valence-electron chi connectivity index (χ4n) is 2.95. The molecule has 0 aromatic carbocycles. The van der Waals surface area contributed by atoms with E-state index in [-0.39, 0.29) is 12.3 Å². The lowest BCUT2D eigenvalue weighted by Crippen LogP contribution is -2.42. The summed E-state index contributed by atoms with van der Waals surface area (Å²) < 4.78 is 6.96. The van der Waals surface area contributed by atoms with Crippen molar-refractivity contribution in [2.24, 2.45) is 12.5 Å². The van der Waals surface area contributed by atoms with Crippen molar-refractivity contribution in [1.82, 2.24) is 15.1 Å². The molecule has 2 N–H and O–H groups in total. The van der Waals surface area contributed by atoms with Gasteiger partial charge in [0.2, 0.25) is 11.8 Å². The van der Waals surface area contributed by atoms with Gasteiger partial charge in [-0.2, -0.15) is 5.10 Å². The number of carboxylic acids is 1. The lowest BCUT2D eigenvalue weighted by Gasteiger charge is -2.36. The van der Waals surface area contributed by atoms with Crippen molar-refractivity contribution < 1.29 is 19.4 Å². The van der Waals surface area contributed by atoms with E-state index >= 15 is 0 Å². The molecule has 1 aliphatic rings. The van der Waals surface area contributed by atoms with Crippen molar-refractivity contribution in [3.63, 3.8) is 0 Å². The summed E-state index contributed by atoms with van der Waals surface area (Å²) in [5, 5.41) is 16.4. The molecule has 1 aliphatic carbocycles. The van der Waals surface area contributed by atoms with E-state index < -0.39 is 11.4 Å². The minimum atomic E-state index is -0.873. The Morgan fingerprint density at radius 2 is 2.14 bits per heavy atom. The number of ether oxygens (including phenoxy) is 1. The Morgan fingerprint density at radius 1 is 1.45 bits per heavy atom. The van der Waals surface area contributed by atoms with Gasteiger partial charge in [0.1, 0.15) is 0 Å². The van der Waals surface area contributed by atoms with Gasteiger partial charge in [-0.3, -0.25) is 9.59 Å². The summed E-state index contributed by atoms with van der Waals surface area (Å²) in [5.74, 6) is -0.495. The molecule has 0 aliphatic heterocycles. The largest absolute Gasteiger partial charge is 0.481 e. The molecule has 1 aromatic rings. The molecule has 1 heterocycles. The minimum Gasteiger partial charge on any atom is -0.481 e. The van der Waals surface area contributed by atoms with E-state index in [1.807, 2.05) is 6.92 Å². The fraction of sp³-hybridized carbons (Fsp3) is 0.667. The minimum absolute atomic E-state index is 0.0341. The van der Waals surface area contributed by atoms with Crippen molar-refractivity contribution in [2.45, 2.75) is 45.6 Å². The fourth-order valence-corrected chi connectivity index (χ4v) is 2.95. The van der Waals surface area contributed by atoms with Crippen LogP contribution in [0.15, 0.2) is 0 Å². The predicted octanol–water partition coefficient (Wildman–Crippen LogP) is 1.25. The number of carbonyl (C=O) groups is 2. The Bertz CT molecular complexity index is 576. The third-order valence-corrected chi connectivity index (χ3v) is 4.42. The molecular formula is C15H23N3O4. The average molecular weight is 309 g/mol. The number of nitrogens with one attached hydrogen (secondary N) is 1. The van der Waals surface area contributed by atoms with Crippen LogP contribution in [0.5, 0.6) is 5.88 Å². The van der Waals surface area contributed by atoms with Gasteiger partial charge in [0.25, 0.3) is 0 Å². The van der Waals surface area contributed by atoms with Gasteiger partial charge in [-0.05, 0) is 19.3 Å². The van der Waals surface area contributed by atoms with Crippen molar-refractivity contribution in [2.75, 3.05) is 7.11 Å². The summed E-state index contributed by atoms with van der Waals surface area (Å²) >= 11 is 0. The zero-order chi connectivity index (χ0) is 16.3. The van der Waals surface area contributed by atoms with Gasteiger partial charge in [-0.25, -0.2) is 4.68 Å². The van der Waals surface area contributed by atoms with Crippen molar-refractivity contribution in [3.8, 4) is 5.88 Å². The van der Waals surface area contributed by atoms with Gasteiger partial charge in [0.05, 0.1) is 23.8 Å². The number of aliphatic carboxylic acids is 1. The topological polar surface area (TPSA) is 93.5 Å². The van der Waals surface area contributed by atoms with Crippen LogP contribution in [0.3, 0.4) is 0 Å². The maximum Gasteiger partial charge on any atom is 0.310 e. The lowest BCUT2D eigenvalue weighted by molar-refractivity contribution is -0.157. The highest BCUT2D eigenvalue weighted by Gasteiger charge is 2.45. The van der Waals surface area contributed by atoms with E-state index in [4.69, 9.17) is 4.74 Å². The first-order valence-electron chi connectivity index (χ1n) is 7.52. The standard InChI is InChI=1S/C15H23N3O4/c1-4-11-10(13(22-3)18(2)17-11)9-16-12(19)8-15(14(20)21)6-5-7-15/h4-9H2,1-3H3,(H,16,19)(H,20,21). The van der Waals surface area contributed by atoms with Crippen molar-refractivity contribution in [1.29, 1.82) is 0 Å². The SMILES string of the molecule is CCc1nn(C)c(OC)c1CNC(=O)CC1(C(=O)O)CCC1. The van der Waals surface area contributed by atoms with Crippen LogP contribution >= 0.6 is 0 Å². The normalized spacial score (nSPS) is 16.0. The number of nitrogens with zero attached hydrogens (tertiary/aromatic N) is 2. The molecule has 1 amide bonds. The van der Waals surface area contributed by atoms with E-state index in [0.29, 0.717) is 25.3 Å². The Balaban J connectivity index is 2.01. The van der Waals surface area contributed by atoms with Gasteiger partial charge >= 0.3 is 5.97 Å². The second kappa shape index (κ2) is 6.37. The average Bonchev–Trinajstić information content (AvgIpc) is 2.75. The third kappa shape index (κ3) is 2.93. The lowest BCUT2D eigenvalue weighted by atomic mass is 9.66. The number of hydrogen-bond donors (Lipinski definition) is 2. The van der Waals surface area contributed by atoms with Crippen molar-refractivity contribution in [3.05, 3.63) is 11.3 Å². The third-order valence-electron chi connectivity index (χ3n) is 4.42. The van der Waals surface area contributed by atoms with Crippen LogP contribution in [0, 0.1) is 5.41 Å². The molecule has 1 aromatic heterocycles. The molecular weight excluding hydrogens is 286 g/mol. The summed E-state index contributed by atoms with van der Waals surface area (Å²) in [5.41, 5.74) is 0.853. The maximum absolute atomic E-state index is 12.1. The summed E-state index contributed by atoms with van der Waals surface area (Å²) in [4.78, 5) is 23.4. The molecule has 0 unspecified atom stereocenters. The van der Waals surface area contributed by atoms with Crippen LogP contribution in [0.4, 0.5) is 0 Å². The first-order valence-corrected chi connectivity index (χ1v) is 7.52. The molecule has 2 rings (SSSR count). The number of methoxy groups -OCH3 is 1. The van der Waals surface area contributed by atoms with Crippen LogP contribution in [-0.2, 0) is 29.6 Å². The zero-order valence-corrected chi connectivity index (χ0v) is 13.3. The Kier molecular flexibility index (Phi) is 4.73. The van der Waals surface area contributed by atoms with E-state index in [1.165, 1.54) is 0 Å². The number of amides is 1. The molecule has 0 saturated heterocycles. The molecule has 0 atom stereocenters. The zero-order valence-electron chi connectivity index (χ0n) is 13.3. The molecule has 0 radical (unpaired) electrons. The van der Waals surface area contributed by atoms with E-state index in [1.54, 1.807) is 18.8 Å². The Morgan fingerprint density at radius 3 is 2.59 bits per heavy atom.